The number of nitrogens with two attached hydrogens (primary N) is 1. The van der Waals surface area contributed by atoms with E-state index in [0.29, 0.717) is 19.6 Å². The molecule has 0 fully saturated rings. The molecule has 0 saturated heterocycles. The van der Waals surface area contributed by atoms with E-state index in [1.54, 1.807) is 0 Å². The van der Waals surface area contributed by atoms with Crippen LogP contribution in [0.25, 0.3) is 0 Å². The molecule has 0 amide bonds. The summed E-state index contributed by atoms with van der Waals surface area (Å²) in [5.74, 6) is -0.400. The van der Waals surface area contributed by atoms with E-state index in [2.05, 4.69) is 4.74 Å². The second-order valence-electron chi connectivity index (χ2n) is 3.46. The first kappa shape index (κ1) is 12.7. The second-order valence-corrected chi connectivity index (χ2v) is 3.46. The molecule has 0 aliphatic carbocycles. The Morgan fingerprint density at radius 2 is 2.06 bits per heavy atom. The van der Waals surface area contributed by atoms with Gasteiger partial charge >= 0.3 is 5.97 Å². The van der Waals surface area contributed by atoms with Gasteiger partial charge in [0.2, 0.25) is 0 Å². The maximum atomic E-state index is 11.0. The van der Waals surface area contributed by atoms with Crippen LogP contribution in [0.5, 0.6) is 0 Å². The molecule has 4 nitrogen and oxygen atoms in total. The van der Waals surface area contributed by atoms with E-state index < -0.39 is 12.0 Å². The van der Waals surface area contributed by atoms with Crippen LogP contribution < -0.4 is 5.73 Å². The third kappa shape index (κ3) is 4.42. The topological polar surface area (TPSA) is 61.5 Å². The van der Waals surface area contributed by atoms with Gasteiger partial charge in [0, 0.05) is 6.61 Å². The number of carbonyl (C=O) groups is 1. The summed E-state index contributed by atoms with van der Waals surface area (Å²) in [7, 11) is 1.33. The Hall–Kier alpha value is -1.39. The lowest BCUT2D eigenvalue weighted by atomic mass is 10.2. The highest BCUT2D eigenvalue weighted by molar-refractivity contribution is 5.75. The van der Waals surface area contributed by atoms with Crippen molar-refractivity contribution in [2.24, 2.45) is 5.73 Å². The predicted octanol–water partition coefficient (Wildman–Crippen LogP) is 1.09. The van der Waals surface area contributed by atoms with Crippen molar-refractivity contribution in [1.82, 2.24) is 0 Å². The summed E-state index contributed by atoms with van der Waals surface area (Å²) in [6.07, 6.45) is 0.472. The maximum absolute atomic E-state index is 11.0. The summed E-state index contributed by atoms with van der Waals surface area (Å²) < 4.78 is 9.91. The van der Waals surface area contributed by atoms with E-state index in [1.807, 2.05) is 30.3 Å². The van der Waals surface area contributed by atoms with Gasteiger partial charge in [-0.2, -0.15) is 0 Å². The number of methoxy groups -OCH3 is 1. The third-order valence-corrected chi connectivity index (χ3v) is 2.19. The fourth-order valence-electron chi connectivity index (χ4n) is 1.24. The van der Waals surface area contributed by atoms with Gasteiger partial charge in [0.15, 0.2) is 0 Å². The molecule has 1 unspecified atom stereocenters. The van der Waals surface area contributed by atoms with Crippen LogP contribution >= 0.6 is 0 Å². The van der Waals surface area contributed by atoms with Gasteiger partial charge < -0.3 is 15.2 Å². The summed E-state index contributed by atoms with van der Waals surface area (Å²) >= 11 is 0. The molecule has 1 atom stereocenters. The quantitative estimate of drug-likeness (QED) is 0.579. The normalized spacial score (nSPS) is 12.1. The van der Waals surface area contributed by atoms with Gasteiger partial charge in [0.1, 0.15) is 6.04 Å². The Balaban J connectivity index is 2.15. The summed E-state index contributed by atoms with van der Waals surface area (Å²) in [5.41, 5.74) is 6.66. The van der Waals surface area contributed by atoms with Gasteiger partial charge in [-0.15, -0.1) is 0 Å². The van der Waals surface area contributed by atoms with Crippen molar-refractivity contribution in [3.63, 3.8) is 0 Å². The first-order chi connectivity index (χ1) is 7.74. The van der Waals surface area contributed by atoms with Crippen molar-refractivity contribution in [3.05, 3.63) is 35.9 Å². The molecular formula is C12H17NO3. The Kier molecular flexibility index (Phi) is 5.53. The van der Waals surface area contributed by atoms with E-state index in [9.17, 15) is 4.79 Å². The van der Waals surface area contributed by atoms with E-state index in [1.165, 1.54) is 7.11 Å². The molecule has 0 saturated carbocycles. The zero-order valence-corrected chi connectivity index (χ0v) is 9.39. The molecule has 0 aliphatic rings. The van der Waals surface area contributed by atoms with Gasteiger partial charge in [-0.3, -0.25) is 4.79 Å². The summed E-state index contributed by atoms with van der Waals surface area (Å²) in [6.45, 7) is 0.986. The lowest BCUT2D eigenvalue weighted by Crippen LogP contribution is -2.32. The van der Waals surface area contributed by atoms with E-state index in [0.717, 1.165) is 5.56 Å². The Labute approximate surface area is 95.3 Å². The second kappa shape index (κ2) is 6.98. The average Bonchev–Trinajstić information content (AvgIpc) is 2.34. The van der Waals surface area contributed by atoms with Crippen LogP contribution in [0.3, 0.4) is 0 Å². The van der Waals surface area contributed by atoms with Crippen molar-refractivity contribution in [2.45, 2.75) is 19.1 Å². The van der Waals surface area contributed by atoms with Crippen LogP contribution in [0.15, 0.2) is 30.3 Å². The highest BCUT2D eigenvalue weighted by atomic mass is 16.5. The number of hydrogen-bond donors (Lipinski definition) is 1. The minimum atomic E-state index is -0.597. The minimum Gasteiger partial charge on any atom is -0.468 e. The van der Waals surface area contributed by atoms with Crippen LogP contribution in [-0.2, 0) is 20.9 Å². The van der Waals surface area contributed by atoms with Crippen molar-refractivity contribution < 1.29 is 14.3 Å². The average molecular weight is 223 g/mol. The van der Waals surface area contributed by atoms with Crippen LogP contribution in [0.4, 0.5) is 0 Å². The van der Waals surface area contributed by atoms with Crippen molar-refractivity contribution >= 4 is 5.97 Å². The van der Waals surface area contributed by atoms with Crippen molar-refractivity contribution in [1.29, 1.82) is 0 Å². The fourth-order valence-corrected chi connectivity index (χ4v) is 1.24. The van der Waals surface area contributed by atoms with Crippen molar-refractivity contribution in [2.75, 3.05) is 13.7 Å². The lowest BCUT2D eigenvalue weighted by Gasteiger charge is -2.09. The molecule has 1 aromatic rings. The first-order valence-corrected chi connectivity index (χ1v) is 5.19. The number of ether oxygens (including phenoxy) is 2. The first-order valence-electron chi connectivity index (χ1n) is 5.19. The van der Waals surface area contributed by atoms with Crippen LogP contribution in [0.2, 0.25) is 0 Å². The summed E-state index contributed by atoms with van der Waals surface area (Å²) in [4.78, 5) is 11.0. The SMILES string of the molecule is COC(=O)C(N)CCOCc1ccccc1. The number of esters is 1. The van der Waals surface area contributed by atoms with Gasteiger partial charge in [-0.05, 0) is 12.0 Å². The van der Waals surface area contributed by atoms with E-state index in [-0.39, 0.29) is 0 Å². The van der Waals surface area contributed by atoms with E-state index in [4.69, 9.17) is 10.5 Å². The minimum absolute atomic E-state index is 0.400. The Morgan fingerprint density at radius 1 is 1.38 bits per heavy atom. The predicted molar refractivity (Wildman–Crippen MR) is 60.7 cm³/mol. The third-order valence-electron chi connectivity index (χ3n) is 2.19. The zero-order chi connectivity index (χ0) is 11.8. The molecule has 0 heterocycles. The molecule has 88 valence electrons. The molecule has 0 spiro atoms. The van der Waals surface area contributed by atoms with Crippen LogP contribution in [0, 0.1) is 0 Å². The molecular weight excluding hydrogens is 206 g/mol. The smallest absolute Gasteiger partial charge is 0.322 e. The maximum Gasteiger partial charge on any atom is 0.322 e. The molecule has 2 N–H and O–H groups in total. The standard InChI is InChI=1S/C12H17NO3/c1-15-12(14)11(13)7-8-16-9-10-5-3-2-4-6-10/h2-6,11H,7-9,13H2,1H3. The van der Waals surface area contributed by atoms with Crippen molar-refractivity contribution in [3.8, 4) is 0 Å². The lowest BCUT2D eigenvalue weighted by molar-refractivity contribution is -0.142. The van der Waals surface area contributed by atoms with Gasteiger partial charge in [0.25, 0.3) is 0 Å². The van der Waals surface area contributed by atoms with Gasteiger partial charge in [0.05, 0.1) is 13.7 Å². The van der Waals surface area contributed by atoms with E-state index >= 15 is 0 Å². The van der Waals surface area contributed by atoms with Crippen LogP contribution in [-0.4, -0.2) is 25.7 Å². The molecule has 0 aromatic heterocycles. The molecule has 4 heteroatoms. The monoisotopic (exact) mass is 223 g/mol. The number of benzene rings is 1. The highest BCUT2D eigenvalue weighted by Crippen LogP contribution is 2.01. The fraction of sp³-hybridized carbons (Fsp3) is 0.417. The summed E-state index contributed by atoms with van der Waals surface area (Å²) in [5, 5.41) is 0. The molecule has 16 heavy (non-hydrogen) atoms. The molecule has 0 radical (unpaired) electrons. The number of hydrogen-bond acceptors (Lipinski definition) is 4. The molecule has 1 aromatic carbocycles. The zero-order valence-electron chi connectivity index (χ0n) is 9.39. The van der Waals surface area contributed by atoms with Gasteiger partial charge in [-0.25, -0.2) is 0 Å². The highest BCUT2D eigenvalue weighted by Gasteiger charge is 2.12. The largest absolute Gasteiger partial charge is 0.468 e. The molecule has 0 bridgehead atoms. The molecule has 0 aliphatic heterocycles. The Morgan fingerprint density at radius 3 is 2.69 bits per heavy atom. The van der Waals surface area contributed by atoms with Gasteiger partial charge in [-0.1, -0.05) is 30.3 Å². The molecule has 1 rings (SSSR count). The number of rotatable bonds is 6. The number of carbonyl (C=O) groups excluding carboxylic acids is 1. The van der Waals surface area contributed by atoms with Crippen LogP contribution in [0.1, 0.15) is 12.0 Å². The summed E-state index contributed by atoms with van der Waals surface area (Å²) in [6, 6.07) is 9.25. The Bertz CT molecular complexity index is 313.